The van der Waals surface area contributed by atoms with Crippen molar-refractivity contribution < 1.29 is 5.11 Å². The zero-order chi connectivity index (χ0) is 5.11. The maximum absolute atomic E-state index is 9.78. The van der Waals surface area contributed by atoms with Crippen LogP contribution in [0.2, 0.25) is 0 Å². The Bertz CT molecular complexity index is 72.2. The third-order valence-electron chi connectivity index (χ3n) is 1.13. The molecule has 0 spiro atoms. The van der Waals surface area contributed by atoms with Gasteiger partial charge in [-0.1, -0.05) is 12.2 Å². The summed E-state index contributed by atoms with van der Waals surface area (Å²) in [4.78, 5) is 0. The number of rotatable bonds is 2. The Morgan fingerprint density at radius 2 is 2.29 bits per heavy atom. The molecular weight excluding hydrogens is 88.1 g/mol. The summed E-state index contributed by atoms with van der Waals surface area (Å²) in [6.45, 7) is -0.0451. The molecule has 1 saturated carbocycles. The first-order valence-electron chi connectivity index (χ1n) is 2.68. The van der Waals surface area contributed by atoms with Crippen LogP contribution in [0, 0.1) is 5.92 Å². The second-order valence-electron chi connectivity index (χ2n) is 1.93. The van der Waals surface area contributed by atoms with Gasteiger partial charge < -0.3 is 0 Å². The van der Waals surface area contributed by atoms with E-state index < -0.39 is 0 Å². The van der Waals surface area contributed by atoms with Crippen molar-refractivity contribution in [2.45, 2.75) is 12.8 Å². The Hall–Kier alpha value is -0.300. The molecule has 1 fully saturated rings. The van der Waals surface area contributed by atoms with E-state index in [1.54, 1.807) is 6.08 Å². The summed E-state index contributed by atoms with van der Waals surface area (Å²) < 4.78 is 0. The summed E-state index contributed by atoms with van der Waals surface area (Å²) in [6, 6.07) is 0. The zero-order valence-electron chi connectivity index (χ0n) is 4.26. The van der Waals surface area contributed by atoms with Crippen molar-refractivity contribution in [1.29, 1.82) is 0 Å². The summed E-state index contributed by atoms with van der Waals surface area (Å²) >= 11 is 0. The van der Waals surface area contributed by atoms with E-state index in [9.17, 15) is 5.11 Å². The van der Waals surface area contributed by atoms with Gasteiger partial charge in [-0.3, -0.25) is 0 Å². The first-order chi connectivity index (χ1) is 3.43. The average Bonchev–Trinajstić information content (AvgIpc) is 2.42. The van der Waals surface area contributed by atoms with Gasteiger partial charge in [-0.2, -0.15) is 0 Å². The Morgan fingerprint density at radius 3 is 2.71 bits per heavy atom. The van der Waals surface area contributed by atoms with E-state index in [-0.39, 0.29) is 6.61 Å². The van der Waals surface area contributed by atoms with Gasteiger partial charge in [0.1, 0.15) is 6.61 Å². The molecule has 0 aromatic rings. The molecule has 39 valence electrons. The van der Waals surface area contributed by atoms with E-state index in [0.717, 1.165) is 5.92 Å². The molecule has 0 atom stereocenters. The van der Waals surface area contributed by atoms with Crippen LogP contribution in [0.3, 0.4) is 0 Å². The molecule has 1 aliphatic rings. The molecule has 0 aromatic heterocycles. The summed E-state index contributed by atoms with van der Waals surface area (Å²) in [5.74, 6) is 0.772. The molecular formula is C6H9O. The van der Waals surface area contributed by atoms with Crippen molar-refractivity contribution in [3.63, 3.8) is 0 Å². The Morgan fingerprint density at radius 1 is 1.57 bits per heavy atom. The highest BCUT2D eigenvalue weighted by atomic mass is 16.2. The molecule has 0 aliphatic heterocycles. The van der Waals surface area contributed by atoms with Gasteiger partial charge in [0.05, 0.1) is 0 Å². The minimum absolute atomic E-state index is 0.0451. The predicted molar refractivity (Wildman–Crippen MR) is 27.4 cm³/mol. The van der Waals surface area contributed by atoms with E-state index in [2.05, 4.69) is 0 Å². The summed E-state index contributed by atoms with van der Waals surface area (Å²) in [7, 11) is 0. The zero-order valence-corrected chi connectivity index (χ0v) is 4.26. The topological polar surface area (TPSA) is 19.9 Å². The first-order valence-corrected chi connectivity index (χ1v) is 2.68. The van der Waals surface area contributed by atoms with E-state index >= 15 is 0 Å². The smallest absolute Gasteiger partial charge is 0.100 e. The summed E-state index contributed by atoms with van der Waals surface area (Å²) in [6.07, 6.45) is 6.33. The molecule has 7 heavy (non-hydrogen) atoms. The van der Waals surface area contributed by atoms with Crippen LogP contribution >= 0.6 is 0 Å². The van der Waals surface area contributed by atoms with Crippen LogP contribution in [-0.2, 0) is 5.11 Å². The van der Waals surface area contributed by atoms with Gasteiger partial charge in [0.25, 0.3) is 0 Å². The van der Waals surface area contributed by atoms with Gasteiger partial charge in [-0.15, -0.1) is 0 Å². The fourth-order valence-corrected chi connectivity index (χ4v) is 0.537. The summed E-state index contributed by atoms with van der Waals surface area (Å²) in [5, 5.41) is 9.78. The lowest BCUT2D eigenvalue weighted by Gasteiger charge is -1.73. The minimum atomic E-state index is -0.0451. The van der Waals surface area contributed by atoms with Crippen LogP contribution in [0.5, 0.6) is 0 Å². The molecule has 1 aliphatic carbocycles. The van der Waals surface area contributed by atoms with Gasteiger partial charge in [-0.05, 0) is 18.8 Å². The van der Waals surface area contributed by atoms with Crippen LogP contribution < -0.4 is 0 Å². The maximum atomic E-state index is 9.78. The molecule has 0 bridgehead atoms. The van der Waals surface area contributed by atoms with Crippen molar-refractivity contribution >= 4 is 0 Å². The second kappa shape index (κ2) is 2.12. The Balaban J connectivity index is 2.05. The summed E-state index contributed by atoms with van der Waals surface area (Å²) in [5.41, 5.74) is 0. The van der Waals surface area contributed by atoms with E-state index in [4.69, 9.17) is 0 Å². The number of allylic oxidation sites excluding steroid dienone is 1. The van der Waals surface area contributed by atoms with Crippen LogP contribution in [-0.4, -0.2) is 6.61 Å². The third kappa shape index (κ3) is 1.74. The molecule has 0 amide bonds. The van der Waals surface area contributed by atoms with Crippen LogP contribution in [0.15, 0.2) is 12.2 Å². The van der Waals surface area contributed by atoms with Crippen molar-refractivity contribution in [1.82, 2.24) is 0 Å². The third-order valence-corrected chi connectivity index (χ3v) is 1.13. The van der Waals surface area contributed by atoms with E-state index in [1.165, 1.54) is 12.8 Å². The molecule has 0 heterocycles. The van der Waals surface area contributed by atoms with E-state index in [1.807, 2.05) is 6.08 Å². The molecule has 0 N–H and O–H groups in total. The second-order valence-corrected chi connectivity index (χ2v) is 1.93. The van der Waals surface area contributed by atoms with Crippen molar-refractivity contribution in [2.24, 2.45) is 5.92 Å². The minimum Gasteiger partial charge on any atom is -0.232 e. The van der Waals surface area contributed by atoms with Crippen LogP contribution in [0.25, 0.3) is 0 Å². The molecule has 0 unspecified atom stereocenters. The highest BCUT2D eigenvalue weighted by molar-refractivity contribution is 4.95. The lowest BCUT2D eigenvalue weighted by Crippen LogP contribution is -1.68. The average molecular weight is 97.1 g/mol. The lowest BCUT2D eigenvalue weighted by atomic mass is 10.4. The number of hydrogen-bond donors (Lipinski definition) is 0. The fourth-order valence-electron chi connectivity index (χ4n) is 0.537. The van der Waals surface area contributed by atoms with Crippen LogP contribution in [0.1, 0.15) is 12.8 Å². The first kappa shape index (κ1) is 4.85. The SMILES string of the molecule is [O]C/C=C/C1CC1. The van der Waals surface area contributed by atoms with Crippen molar-refractivity contribution in [3.8, 4) is 0 Å². The number of hydrogen-bond acceptors (Lipinski definition) is 0. The van der Waals surface area contributed by atoms with Gasteiger partial charge in [0.2, 0.25) is 0 Å². The molecule has 1 rings (SSSR count). The molecule has 1 heteroatoms. The molecule has 1 nitrogen and oxygen atoms in total. The van der Waals surface area contributed by atoms with Crippen molar-refractivity contribution in [3.05, 3.63) is 12.2 Å². The maximum Gasteiger partial charge on any atom is 0.100 e. The molecule has 0 aromatic carbocycles. The van der Waals surface area contributed by atoms with Gasteiger partial charge >= 0.3 is 0 Å². The van der Waals surface area contributed by atoms with Crippen molar-refractivity contribution in [2.75, 3.05) is 6.61 Å². The predicted octanol–water partition coefficient (Wildman–Crippen LogP) is 1.38. The Labute approximate surface area is 43.7 Å². The Kier molecular flexibility index (Phi) is 1.47. The highest BCUT2D eigenvalue weighted by Crippen LogP contribution is 2.29. The molecule has 1 radical (unpaired) electrons. The standard InChI is InChI=1S/C6H9O/c7-5-1-2-6-3-4-6/h1-2,6H,3-5H2/b2-1+. The van der Waals surface area contributed by atoms with Gasteiger partial charge in [0.15, 0.2) is 0 Å². The highest BCUT2D eigenvalue weighted by Gasteiger charge is 2.16. The largest absolute Gasteiger partial charge is 0.232 e. The fraction of sp³-hybridized carbons (Fsp3) is 0.667. The normalized spacial score (nSPS) is 21.3. The van der Waals surface area contributed by atoms with Crippen LogP contribution in [0.4, 0.5) is 0 Å². The van der Waals surface area contributed by atoms with E-state index in [0.29, 0.717) is 0 Å². The quantitative estimate of drug-likeness (QED) is 0.464. The lowest BCUT2D eigenvalue weighted by molar-refractivity contribution is 0.232. The monoisotopic (exact) mass is 97.1 g/mol. The van der Waals surface area contributed by atoms with Gasteiger partial charge in [-0.25, -0.2) is 5.11 Å². The van der Waals surface area contributed by atoms with Gasteiger partial charge in [0, 0.05) is 0 Å². The molecule has 0 saturated heterocycles.